The first-order valence-corrected chi connectivity index (χ1v) is 6.41. The van der Waals surface area contributed by atoms with Crippen molar-refractivity contribution < 1.29 is 0 Å². The fourth-order valence-electron chi connectivity index (χ4n) is 2.26. The second-order valence-electron chi connectivity index (χ2n) is 5.53. The van der Waals surface area contributed by atoms with Gasteiger partial charge in [-0.1, -0.05) is 36.2 Å². The SMILES string of the molecule is CCN(Cc1cc(C)cc(C)c1)C(C)(C)CN. The van der Waals surface area contributed by atoms with Gasteiger partial charge in [0.1, 0.15) is 0 Å². The predicted molar refractivity (Wildman–Crippen MR) is 75.1 cm³/mol. The molecule has 0 saturated heterocycles. The number of nitrogens with two attached hydrogens (primary N) is 1. The number of hydrogen-bond acceptors (Lipinski definition) is 2. The number of hydrogen-bond donors (Lipinski definition) is 1. The minimum absolute atomic E-state index is 0.0619. The van der Waals surface area contributed by atoms with Crippen molar-refractivity contribution in [3.8, 4) is 0 Å². The molecule has 1 rings (SSSR count). The van der Waals surface area contributed by atoms with Crippen molar-refractivity contribution in [2.75, 3.05) is 13.1 Å². The summed E-state index contributed by atoms with van der Waals surface area (Å²) >= 11 is 0. The van der Waals surface area contributed by atoms with Gasteiger partial charge in [-0.3, -0.25) is 4.90 Å². The first-order chi connectivity index (χ1) is 7.89. The average molecular weight is 234 g/mol. The zero-order valence-electron chi connectivity index (χ0n) is 11.9. The molecule has 2 nitrogen and oxygen atoms in total. The molecular formula is C15H26N2. The van der Waals surface area contributed by atoms with Crippen LogP contribution in [0.5, 0.6) is 0 Å². The van der Waals surface area contributed by atoms with Gasteiger partial charge >= 0.3 is 0 Å². The lowest BCUT2D eigenvalue weighted by molar-refractivity contribution is 0.126. The molecule has 0 aromatic heterocycles. The molecule has 0 aliphatic carbocycles. The van der Waals surface area contributed by atoms with Gasteiger partial charge < -0.3 is 5.73 Å². The van der Waals surface area contributed by atoms with Crippen LogP contribution in [-0.4, -0.2) is 23.5 Å². The Kier molecular flexibility index (Phi) is 4.72. The van der Waals surface area contributed by atoms with E-state index in [-0.39, 0.29) is 5.54 Å². The molecule has 0 fully saturated rings. The van der Waals surface area contributed by atoms with E-state index >= 15 is 0 Å². The van der Waals surface area contributed by atoms with Crippen molar-refractivity contribution in [2.45, 2.75) is 46.7 Å². The van der Waals surface area contributed by atoms with Crippen LogP contribution in [0.25, 0.3) is 0 Å². The molecule has 0 atom stereocenters. The Labute approximate surface area is 106 Å². The van der Waals surface area contributed by atoms with Gasteiger partial charge in [0.2, 0.25) is 0 Å². The van der Waals surface area contributed by atoms with E-state index in [4.69, 9.17) is 5.73 Å². The summed E-state index contributed by atoms with van der Waals surface area (Å²) in [5, 5.41) is 0. The van der Waals surface area contributed by atoms with Crippen LogP contribution in [0.3, 0.4) is 0 Å². The van der Waals surface area contributed by atoms with Gasteiger partial charge in [-0.2, -0.15) is 0 Å². The van der Waals surface area contributed by atoms with Gasteiger partial charge in [-0.15, -0.1) is 0 Å². The van der Waals surface area contributed by atoms with Gasteiger partial charge in [-0.05, 0) is 39.8 Å². The summed E-state index contributed by atoms with van der Waals surface area (Å²) in [6.07, 6.45) is 0. The highest BCUT2D eigenvalue weighted by molar-refractivity contribution is 5.28. The lowest BCUT2D eigenvalue weighted by Crippen LogP contribution is -2.48. The lowest BCUT2D eigenvalue weighted by Gasteiger charge is -2.37. The van der Waals surface area contributed by atoms with Gasteiger partial charge in [0.05, 0.1) is 0 Å². The van der Waals surface area contributed by atoms with Crippen LogP contribution in [0.1, 0.15) is 37.5 Å². The first kappa shape index (κ1) is 14.2. The maximum absolute atomic E-state index is 5.85. The van der Waals surface area contributed by atoms with Crippen LogP contribution >= 0.6 is 0 Å². The highest BCUT2D eigenvalue weighted by Gasteiger charge is 2.23. The Morgan fingerprint density at radius 2 is 1.65 bits per heavy atom. The third-order valence-electron chi connectivity index (χ3n) is 3.39. The molecule has 0 heterocycles. The maximum Gasteiger partial charge on any atom is 0.0278 e. The van der Waals surface area contributed by atoms with Crippen LogP contribution in [0, 0.1) is 13.8 Å². The minimum atomic E-state index is 0.0619. The molecule has 2 N–H and O–H groups in total. The van der Waals surface area contributed by atoms with Gasteiger partial charge in [0, 0.05) is 18.6 Å². The number of likely N-dealkylation sites (N-methyl/N-ethyl adjacent to an activating group) is 1. The summed E-state index contributed by atoms with van der Waals surface area (Å²) in [6, 6.07) is 6.75. The second kappa shape index (κ2) is 5.65. The maximum atomic E-state index is 5.85. The van der Waals surface area contributed by atoms with E-state index in [0.29, 0.717) is 6.54 Å². The van der Waals surface area contributed by atoms with Crippen molar-refractivity contribution in [1.82, 2.24) is 4.90 Å². The quantitative estimate of drug-likeness (QED) is 0.849. The van der Waals surface area contributed by atoms with Gasteiger partial charge in [0.15, 0.2) is 0 Å². The summed E-state index contributed by atoms with van der Waals surface area (Å²) in [6.45, 7) is 13.6. The fraction of sp³-hybridized carbons (Fsp3) is 0.600. The molecule has 17 heavy (non-hydrogen) atoms. The highest BCUT2D eigenvalue weighted by atomic mass is 15.2. The molecule has 0 radical (unpaired) electrons. The zero-order valence-corrected chi connectivity index (χ0v) is 11.9. The number of nitrogens with zero attached hydrogens (tertiary/aromatic N) is 1. The molecule has 0 bridgehead atoms. The van der Waals surface area contributed by atoms with E-state index in [1.165, 1.54) is 16.7 Å². The van der Waals surface area contributed by atoms with Gasteiger partial charge in [0.25, 0.3) is 0 Å². The Hall–Kier alpha value is -0.860. The molecule has 2 heteroatoms. The Morgan fingerprint density at radius 1 is 1.12 bits per heavy atom. The molecule has 0 spiro atoms. The Bertz CT molecular complexity index is 349. The summed E-state index contributed by atoms with van der Waals surface area (Å²) in [4.78, 5) is 2.43. The third-order valence-corrected chi connectivity index (χ3v) is 3.39. The average Bonchev–Trinajstić information content (AvgIpc) is 2.24. The third kappa shape index (κ3) is 3.83. The molecule has 1 aromatic rings. The summed E-state index contributed by atoms with van der Waals surface area (Å²) in [7, 11) is 0. The van der Waals surface area contributed by atoms with Crippen LogP contribution in [0.15, 0.2) is 18.2 Å². The first-order valence-electron chi connectivity index (χ1n) is 6.41. The molecule has 1 aromatic carbocycles. The van der Waals surface area contributed by atoms with E-state index in [2.05, 4.69) is 57.7 Å². The number of aryl methyl sites for hydroxylation is 2. The zero-order chi connectivity index (χ0) is 13.1. The van der Waals surface area contributed by atoms with Crippen molar-refractivity contribution in [3.63, 3.8) is 0 Å². The smallest absolute Gasteiger partial charge is 0.0278 e. The molecule has 0 aliphatic rings. The number of rotatable bonds is 5. The van der Waals surface area contributed by atoms with E-state index in [0.717, 1.165) is 13.1 Å². The number of benzene rings is 1. The molecule has 0 amide bonds. The second-order valence-corrected chi connectivity index (χ2v) is 5.53. The molecule has 96 valence electrons. The largest absolute Gasteiger partial charge is 0.329 e. The van der Waals surface area contributed by atoms with Crippen LogP contribution in [-0.2, 0) is 6.54 Å². The van der Waals surface area contributed by atoms with E-state index in [9.17, 15) is 0 Å². The van der Waals surface area contributed by atoms with E-state index in [1.807, 2.05) is 0 Å². The monoisotopic (exact) mass is 234 g/mol. The molecule has 0 saturated carbocycles. The van der Waals surface area contributed by atoms with Crippen molar-refractivity contribution in [3.05, 3.63) is 34.9 Å². The molecule has 0 unspecified atom stereocenters. The predicted octanol–water partition coefficient (Wildman–Crippen LogP) is 2.86. The van der Waals surface area contributed by atoms with Crippen molar-refractivity contribution >= 4 is 0 Å². The van der Waals surface area contributed by atoms with E-state index < -0.39 is 0 Å². The molecular weight excluding hydrogens is 208 g/mol. The standard InChI is InChI=1S/C15H26N2/c1-6-17(15(4,5)11-16)10-14-8-12(2)7-13(3)9-14/h7-9H,6,10-11,16H2,1-5H3. The van der Waals surface area contributed by atoms with Crippen LogP contribution < -0.4 is 5.73 Å². The van der Waals surface area contributed by atoms with Crippen molar-refractivity contribution in [2.24, 2.45) is 5.73 Å². The minimum Gasteiger partial charge on any atom is -0.329 e. The van der Waals surface area contributed by atoms with Crippen molar-refractivity contribution in [1.29, 1.82) is 0 Å². The van der Waals surface area contributed by atoms with Crippen LogP contribution in [0.4, 0.5) is 0 Å². The topological polar surface area (TPSA) is 29.3 Å². The Morgan fingerprint density at radius 3 is 2.06 bits per heavy atom. The normalized spacial score (nSPS) is 12.2. The van der Waals surface area contributed by atoms with Crippen LogP contribution in [0.2, 0.25) is 0 Å². The fourth-order valence-corrected chi connectivity index (χ4v) is 2.26. The highest BCUT2D eigenvalue weighted by Crippen LogP contribution is 2.18. The lowest BCUT2D eigenvalue weighted by atomic mass is 10.0. The summed E-state index contributed by atoms with van der Waals surface area (Å²) in [5.41, 5.74) is 9.97. The summed E-state index contributed by atoms with van der Waals surface area (Å²) < 4.78 is 0. The Balaban J connectivity index is 2.88. The van der Waals surface area contributed by atoms with E-state index in [1.54, 1.807) is 0 Å². The van der Waals surface area contributed by atoms with Gasteiger partial charge in [-0.25, -0.2) is 0 Å². The molecule has 0 aliphatic heterocycles. The summed E-state index contributed by atoms with van der Waals surface area (Å²) in [5.74, 6) is 0.